The Morgan fingerprint density at radius 2 is 0.818 bits per heavy atom. The summed E-state index contributed by atoms with van der Waals surface area (Å²) >= 11 is 0. The smallest absolute Gasteiger partial charge is 0.305 e. The van der Waals surface area contributed by atoms with Crippen molar-refractivity contribution in [3.05, 3.63) is 0 Å². The lowest BCUT2D eigenvalue weighted by molar-refractivity contribution is -0.144. The molecular weight excluding hydrogens is 428 g/mol. The average Bonchev–Trinajstić information content (AvgIpc) is 2.79. The zero-order valence-electron chi connectivity index (χ0n) is 20.2. The molecule has 0 aliphatic rings. The Morgan fingerprint density at radius 3 is 1.21 bits per heavy atom. The van der Waals surface area contributed by atoms with Crippen molar-refractivity contribution in [3.63, 3.8) is 0 Å². The molecule has 0 saturated carbocycles. The Kier molecular flexibility index (Phi) is 22.1. The van der Waals surface area contributed by atoms with Gasteiger partial charge in [0.1, 0.15) is 11.6 Å². The van der Waals surface area contributed by atoms with Crippen molar-refractivity contribution in [3.8, 4) is 0 Å². The second kappa shape index (κ2) is 23.4. The molecule has 2 N–H and O–H groups in total. The normalized spacial score (nSPS) is 10.7. The number of aliphatic hydroxyl groups excluding tert-OH is 2. The first-order valence-corrected chi connectivity index (χ1v) is 12.6. The quantitative estimate of drug-likeness (QED) is 0.123. The van der Waals surface area contributed by atoms with Crippen molar-refractivity contribution < 1.29 is 38.9 Å². The van der Waals surface area contributed by atoms with Crippen molar-refractivity contribution in [1.82, 2.24) is 0 Å². The van der Waals surface area contributed by atoms with Crippen LogP contribution in [-0.2, 0) is 28.7 Å². The molecule has 33 heavy (non-hydrogen) atoms. The van der Waals surface area contributed by atoms with E-state index < -0.39 is 0 Å². The monoisotopic (exact) mass is 472 g/mol. The predicted octanol–water partition coefficient (Wildman–Crippen LogP) is 3.83. The molecule has 0 fully saturated rings. The van der Waals surface area contributed by atoms with Gasteiger partial charge in [0, 0.05) is 38.9 Å². The van der Waals surface area contributed by atoms with Crippen molar-refractivity contribution >= 4 is 23.5 Å². The van der Waals surface area contributed by atoms with Crippen LogP contribution in [0.25, 0.3) is 0 Å². The number of Topliss-reactive ketones (excluding diaryl/α,β-unsaturated/α-hetero) is 2. The van der Waals surface area contributed by atoms with Crippen molar-refractivity contribution in [2.75, 3.05) is 26.4 Å². The zero-order chi connectivity index (χ0) is 24.6. The topological polar surface area (TPSA) is 127 Å². The van der Waals surface area contributed by atoms with Gasteiger partial charge in [-0.15, -0.1) is 0 Å². The first-order valence-electron chi connectivity index (χ1n) is 12.6. The fourth-order valence-corrected chi connectivity index (χ4v) is 3.23. The largest absolute Gasteiger partial charge is 0.466 e. The van der Waals surface area contributed by atoms with Crippen LogP contribution in [0.1, 0.15) is 109 Å². The number of aliphatic hydroxyl groups is 2. The Hall–Kier alpha value is -1.80. The molecule has 0 bridgehead atoms. The summed E-state index contributed by atoms with van der Waals surface area (Å²) in [6.07, 6.45) is 10.3. The maximum Gasteiger partial charge on any atom is 0.305 e. The SMILES string of the molecule is O=C(CCCCCOC(=O)CCCCCO)CC(=O)CCCCCOC(=O)CCCCCO. The van der Waals surface area contributed by atoms with Gasteiger partial charge in [-0.2, -0.15) is 0 Å². The minimum Gasteiger partial charge on any atom is -0.466 e. The van der Waals surface area contributed by atoms with Gasteiger partial charge in [-0.3, -0.25) is 19.2 Å². The van der Waals surface area contributed by atoms with Gasteiger partial charge in [0.25, 0.3) is 0 Å². The van der Waals surface area contributed by atoms with E-state index in [1.54, 1.807) is 0 Å². The molecule has 0 aliphatic heterocycles. The zero-order valence-corrected chi connectivity index (χ0v) is 20.2. The first-order chi connectivity index (χ1) is 16.0. The molecular formula is C25H44O8. The minimum atomic E-state index is -0.220. The van der Waals surface area contributed by atoms with Gasteiger partial charge < -0.3 is 19.7 Å². The number of ketones is 2. The molecule has 8 nitrogen and oxygen atoms in total. The summed E-state index contributed by atoms with van der Waals surface area (Å²) in [6, 6.07) is 0. The molecule has 0 aliphatic carbocycles. The van der Waals surface area contributed by atoms with Crippen LogP contribution >= 0.6 is 0 Å². The number of hydrogen-bond donors (Lipinski definition) is 2. The van der Waals surface area contributed by atoms with E-state index in [1.807, 2.05) is 0 Å². The highest BCUT2D eigenvalue weighted by molar-refractivity contribution is 5.98. The van der Waals surface area contributed by atoms with Crippen molar-refractivity contribution in [2.24, 2.45) is 0 Å². The van der Waals surface area contributed by atoms with Crippen LogP contribution in [0.2, 0.25) is 0 Å². The lowest BCUT2D eigenvalue weighted by atomic mass is 10.0. The molecule has 8 heteroatoms. The maximum absolute atomic E-state index is 11.9. The molecule has 0 aromatic carbocycles. The number of rotatable bonds is 24. The molecule has 0 heterocycles. The Morgan fingerprint density at radius 1 is 0.455 bits per heavy atom. The summed E-state index contributed by atoms with van der Waals surface area (Å²) in [4.78, 5) is 46.8. The molecule has 0 aromatic heterocycles. The van der Waals surface area contributed by atoms with Gasteiger partial charge in [0.05, 0.1) is 19.6 Å². The van der Waals surface area contributed by atoms with E-state index in [2.05, 4.69) is 0 Å². The molecule has 0 radical (unpaired) electrons. The molecule has 0 rings (SSSR count). The van der Waals surface area contributed by atoms with Crippen LogP contribution in [0.3, 0.4) is 0 Å². The fraction of sp³-hybridized carbons (Fsp3) is 0.840. The third-order valence-corrected chi connectivity index (χ3v) is 5.20. The second-order valence-electron chi connectivity index (χ2n) is 8.38. The highest BCUT2D eigenvalue weighted by Gasteiger charge is 2.10. The molecule has 0 spiro atoms. The van der Waals surface area contributed by atoms with E-state index >= 15 is 0 Å². The predicted molar refractivity (Wildman–Crippen MR) is 125 cm³/mol. The summed E-state index contributed by atoms with van der Waals surface area (Å²) < 4.78 is 10.3. The van der Waals surface area contributed by atoms with Crippen molar-refractivity contribution in [1.29, 1.82) is 0 Å². The van der Waals surface area contributed by atoms with Crippen molar-refractivity contribution in [2.45, 2.75) is 109 Å². The summed E-state index contributed by atoms with van der Waals surface area (Å²) in [7, 11) is 0. The van der Waals surface area contributed by atoms with Gasteiger partial charge in [-0.25, -0.2) is 0 Å². The van der Waals surface area contributed by atoms with Crippen LogP contribution in [0.4, 0.5) is 0 Å². The number of ether oxygens (including phenoxy) is 2. The van der Waals surface area contributed by atoms with E-state index in [9.17, 15) is 19.2 Å². The molecule has 0 unspecified atom stereocenters. The van der Waals surface area contributed by atoms with Gasteiger partial charge in [0.15, 0.2) is 0 Å². The number of carbonyl (C=O) groups is 4. The minimum absolute atomic E-state index is 0.0222. The number of esters is 2. The number of hydrogen-bond acceptors (Lipinski definition) is 8. The van der Waals surface area contributed by atoms with E-state index in [4.69, 9.17) is 19.7 Å². The van der Waals surface area contributed by atoms with E-state index in [0.717, 1.165) is 38.5 Å². The van der Waals surface area contributed by atoms with Gasteiger partial charge in [0.2, 0.25) is 0 Å². The molecule has 0 aromatic rings. The Bertz CT molecular complexity index is 486. The lowest BCUT2D eigenvalue weighted by Gasteiger charge is -2.05. The third kappa shape index (κ3) is 23.2. The fourth-order valence-electron chi connectivity index (χ4n) is 3.23. The summed E-state index contributed by atoms with van der Waals surface area (Å²) in [5, 5.41) is 17.4. The van der Waals surface area contributed by atoms with Crippen LogP contribution in [0.15, 0.2) is 0 Å². The van der Waals surface area contributed by atoms with E-state index in [-0.39, 0.29) is 43.1 Å². The lowest BCUT2D eigenvalue weighted by Crippen LogP contribution is -2.09. The summed E-state index contributed by atoms with van der Waals surface area (Å²) in [5.74, 6) is -0.531. The maximum atomic E-state index is 11.9. The first kappa shape index (κ1) is 31.2. The summed E-state index contributed by atoms with van der Waals surface area (Å²) in [5.41, 5.74) is 0. The van der Waals surface area contributed by atoms with Crippen LogP contribution in [0, 0.1) is 0 Å². The highest BCUT2D eigenvalue weighted by atomic mass is 16.5. The molecule has 192 valence electrons. The standard InChI is InChI=1S/C25H44O8/c26-17-9-1-7-15-24(30)32-19-11-3-5-13-22(28)21-23(29)14-6-4-12-20-33-25(31)16-8-2-10-18-27/h26-27H,1-21H2. The van der Waals surface area contributed by atoms with Gasteiger partial charge in [-0.05, 0) is 64.2 Å². The molecule has 0 amide bonds. The molecule has 0 atom stereocenters. The van der Waals surface area contributed by atoms with Gasteiger partial charge in [-0.1, -0.05) is 12.8 Å². The Labute approximate surface area is 198 Å². The van der Waals surface area contributed by atoms with Crippen LogP contribution < -0.4 is 0 Å². The number of unbranched alkanes of at least 4 members (excludes halogenated alkanes) is 8. The average molecular weight is 473 g/mol. The van der Waals surface area contributed by atoms with Crippen LogP contribution in [-0.4, -0.2) is 60.1 Å². The van der Waals surface area contributed by atoms with E-state index in [1.165, 1.54) is 0 Å². The second-order valence-corrected chi connectivity index (χ2v) is 8.38. The third-order valence-electron chi connectivity index (χ3n) is 5.20. The molecule has 0 saturated heterocycles. The number of carbonyl (C=O) groups excluding carboxylic acids is 4. The highest BCUT2D eigenvalue weighted by Crippen LogP contribution is 2.08. The Balaban J connectivity index is 3.50. The van der Waals surface area contributed by atoms with Crippen LogP contribution in [0.5, 0.6) is 0 Å². The van der Waals surface area contributed by atoms with Gasteiger partial charge >= 0.3 is 11.9 Å². The van der Waals surface area contributed by atoms with E-state index in [0.29, 0.717) is 77.4 Å². The summed E-state index contributed by atoms with van der Waals surface area (Å²) in [6.45, 7) is 0.994.